The molecule has 2 aliphatic rings. The molecule has 0 aromatic carbocycles. The number of fused-ring (bicyclic) bond motifs is 2. The molecule has 45 heavy (non-hydrogen) atoms. The molecule has 22 nitrogen and oxygen atoms in total. The number of imidazole rings is 2. The van der Waals surface area contributed by atoms with Crippen LogP contribution in [0.3, 0.4) is 0 Å². The third-order valence-corrected chi connectivity index (χ3v) is 7.16. The Balaban J connectivity index is 0.000000200. The summed E-state index contributed by atoms with van der Waals surface area (Å²) in [5.41, 5.74) is -5.66. The Morgan fingerprint density at radius 2 is 1.07 bits per heavy atom. The van der Waals surface area contributed by atoms with Gasteiger partial charge in [0.15, 0.2) is 22.3 Å². The summed E-state index contributed by atoms with van der Waals surface area (Å²) in [6.07, 6.45) is -6.13. The number of aliphatic hydroxyl groups is 6. The Labute approximate surface area is 278 Å². The number of rotatable bonds is 6. The van der Waals surface area contributed by atoms with E-state index in [9.17, 15) is 50.4 Å². The molecule has 236 valence electrons. The van der Waals surface area contributed by atoms with Gasteiger partial charge in [0.05, 0.1) is 25.2 Å². The molecule has 2 saturated heterocycles. The van der Waals surface area contributed by atoms with Crippen molar-refractivity contribution in [3.63, 3.8) is 0 Å². The van der Waals surface area contributed by atoms with E-state index in [0.717, 1.165) is 34.4 Å². The van der Waals surface area contributed by atoms with Gasteiger partial charge in [0, 0.05) is 0 Å². The Kier molecular flexibility index (Phi) is 9.77. The fraction of sp³-hybridized carbons (Fsp3) is 0.455. The number of aliphatic carboxylic acids is 2. The van der Waals surface area contributed by atoms with Gasteiger partial charge in [-0.05, 0) is 0 Å². The van der Waals surface area contributed by atoms with E-state index in [1.807, 2.05) is 0 Å². The Hall–Kier alpha value is -3.42. The number of carboxylic acid groups (broad SMARTS) is 2. The van der Waals surface area contributed by atoms with Crippen LogP contribution in [0, 0.1) is 0 Å². The minimum atomic E-state index is -2.55. The number of carbonyl (C=O) groups excluding carboxylic acids is 2. The molecule has 2 aliphatic heterocycles. The molecule has 6 heterocycles. The summed E-state index contributed by atoms with van der Waals surface area (Å²) in [7, 11) is 0. The van der Waals surface area contributed by atoms with E-state index >= 15 is 0 Å². The van der Waals surface area contributed by atoms with Crippen molar-refractivity contribution >= 4 is 72.0 Å². The normalized spacial score (nSPS) is 31.0. The van der Waals surface area contributed by atoms with E-state index in [-0.39, 0.29) is 60.1 Å². The van der Waals surface area contributed by atoms with Crippen LogP contribution in [0.2, 0.25) is 0 Å². The molecule has 0 unspecified atom stereocenters. The van der Waals surface area contributed by atoms with Gasteiger partial charge in [0.25, 0.3) is 0 Å². The zero-order valence-electron chi connectivity index (χ0n) is 22.5. The van der Waals surface area contributed by atoms with Gasteiger partial charge >= 0.3 is 37.7 Å². The van der Waals surface area contributed by atoms with Crippen LogP contribution in [0.5, 0.6) is 11.8 Å². The maximum Gasteiger partial charge on any atom is 2.00 e. The van der Waals surface area contributed by atoms with Crippen LogP contribution in [0.15, 0.2) is 25.3 Å². The van der Waals surface area contributed by atoms with Gasteiger partial charge in [-0.3, -0.25) is 9.13 Å². The van der Waals surface area contributed by atoms with Crippen molar-refractivity contribution in [1.29, 1.82) is 0 Å². The van der Waals surface area contributed by atoms with Gasteiger partial charge in [-0.15, -0.1) is 0 Å². The van der Waals surface area contributed by atoms with E-state index < -0.39 is 85.0 Å². The first kappa shape index (κ1) is 34.5. The fourth-order valence-electron chi connectivity index (χ4n) is 4.96. The molecule has 4 aromatic heterocycles. The van der Waals surface area contributed by atoms with Gasteiger partial charge in [0.2, 0.25) is 23.2 Å². The number of carboxylic acids is 2. The van der Waals surface area contributed by atoms with Crippen LogP contribution in [0.1, 0.15) is 0 Å². The Morgan fingerprint density at radius 3 is 1.36 bits per heavy atom. The summed E-state index contributed by atoms with van der Waals surface area (Å²) in [6, 6.07) is 0. The van der Waals surface area contributed by atoms with Gasteiger partial charge < -0.3 is 70.1 Å². The van der Waals surface area contributed by atoms with Gasteiger partial charge in [0.1, 0.15) is 61.9 Å². The first-order valence-electron chi connectivity index (χ1n) is 12.3. The number of aromatic hydroxyl groups is 2. The molecule has 2 fully saturated rings. The van der Waals surface area contributed by atoms with Crippen molar-refractivity contribution < 1.29 is 70.1 Å². The summed E-state index contributed by atoms with van der Waals surface area (Å²) in [6.45, 7) is -1.44. The van der Waals surface area contributed by atoms with E-state index in [2.05, 4.69) is 29.9 Å². The molecule has 8 atom stereocenters. The number of hydrogen-bond donors (Lipinski definition) is 8. The zero-order valence-corrected chi connectivity index (χ0v) is 24.7. The Morgan fingerprint density at radius 1 is 0.711 bits per heavy atom. The third-order valence-electron chi connectivity index (χ3n) is 7.16. The Bertz CT molecular complexity index is 1600. The predicted molar refractivity (Wildman–Crippen MR) is 134 cm³/mol. The minimum absolute atomic E-state index is 0. The van der Waals surface area contributed by atoms with Crippen molar-refractivity contribution in [1.82, 2.24) is 39.0 Å². The second-order valence-corrected chi connectivity index (χ2v) is 9.48. The SMILES string of the molecule is O=C([O-])[C@@]1(n2cnc3c(O)ncnc32)O[C@H](CO)[C@@H](O)[C@H]1O.O=C([O-])[C@@]1(n2cnc3c(O)ncnc32)O[C@H](CO)[C@@H](O)[C@H]1O.[Ca+2]. The molecule has 0 aliphatic carbocycles. The first-order chi connectivity index (χ1) is 20.9. The largest absolute Gasteiger partial charge is 2.00 e. The smallest absolute Gasteiger partial charge is 0.545 e. The molecule has 8 N–H and O–H groups in total. The average molecular weight is 663 g/mol. The number of ether oxygens (including phenoxy) is 2. The quantitative estimate of drug-likeness (QED) is 0.0888. The molecule has 6 rings (SSSR count). The number of nitrogens with zero attached hydrogens (tertiary/aromatic N) is 8. The molecule has 4 aromatic rings. The van der Waals surface area contributed by atoms with Crippen LogP contribution in [-0.4, -0.2) is 179 Å². The minimum Gasteiger partial charge on any atom is -0.545 e. The van der Waals surface area contributed by atoms with Crippen molar-refractivity contribution in [3.8, 4) is 11.8 Å². The van der Waals surface area contributed by atoms with Gasteiger partial charge in [-0.1, -0.05) is 0 Å². The monoisotopic (exact) mass is 662 g/mol. The van der Waals surface area contributed by atoms with E-state index in [0.29, 0.717) is 0 Å². The molecule has 0 amide bonds. The molecular formula is C22H22CaN8O14. The maximum atomic E-state index is 11.6. The number of carbonyl (C=O) groups is 2. The fourth-order valence-corrected chi connectivity index (χ4v) is 4.96. The zero-order chi connectivity index (χ0) is 32.1. The van der Waals surface area contributed by atoms with E-state index in [1.54, 1.807) is 0 Å². The first-order valence-corrected chi connectivity index (χ1v) is 12.3. The molecule has 0 spiro atoms. The van der Waals surface area contributed by atoms with Crippen molar-refractivity contribution in [2.75, 3.05) is 13.2 Å². The van der Waals surface area contributed by atoms with Gasteiger partial charge in [-0.2, -0.15) is 9.97 Å². The van der Waals surface area contributed by atoms with E-state index in [1.165, 1.54) is 0 Å². The van der Waals surface area contributed by atoms with Crippen LogP contribution >= 0.6 is 0 Å². The summed E-state index contributed by atoms with van der Waals surface area (Å²) in [4.78, 5) is 45.3. The van der Waals surface area contributed by atoms with Crippen molar-refractivity contribution in [2.24, 2.45) is 0 Å². The molecular weight excluding hydrogens is 640 g/mol. The molecule has 23 heteroatoms. The second-order valence-electron chi connectivity index (χ2n) is 9.48. The predicted octanol–water partition coefficient (Wildman–Crippen LogP) is -8.29. The summed E-state index contributed by atoms with van der Waals surface area (Å²) >= 11 is 0. The van der Waals surface area contributed by atoms with Crippen LogP contribution in [0.25, 0.3) is 22.3 Å². The maximum absolute atomic E-state index is 11.6. The van der Waals surface area contributed by atoms with Crippen LogP contribution < -0.4 is 10.2 Å². The van der Waals surface area contributed by atoms with E-state index in [4.69, 9.17) is 19.7 Å². The summed E-state index contributed by atoms with van der Waals surface area (Å²) in [5, 5.41) is 101. The topological polar surface area (TPSA) is 348 Å². The summed E-state index contributed by atoms with van der Waals surface area (Å²) < 4.78 is 11.9. The molecule has 0 saturated carbocycles. The number of aromatic nitrogens is 8. The van der Waals surface area contributed by atoms with Crippen LogP contribution in [-0.2, 0) is 30.5 Å². The molecule has 0 radical (unpaired) electrons. The van der Waals surface area contributed by atoms with Gasteiger partial charge in [-0.25, -0.2) is 19.9 Å². The van der Waals surface area contributed by atoms with Crippen molar-refractivity contribution in [3.05, 3.63) is 25.3 Å². The molecule has 0 bridgehead atoms. The summed E-state index contributed by atoms with van der Waals surface area (Å²) in [5.74, 6) is -4.73. The third kappa shape index (κ3) is 5.12. The van der Waals surface area contributed by atoms with Crippen molar-refractivity contribution in [2.45, 2.75) is 48.1 Å². The number of aliphatic hydroxyl groups excluding tert-OH is 6. The standard InChI is InChI=1S/2C11H12N4O7.Ca/c2*16-1-4-6(17)7(18)11(22-4,10(20)21)15-3-14-5-8(15)12-2-13-9(5)19;/h2*2-4,6-7,16-18H,1H2,(H,20,21)(H,12,13,19);/q;;+2/p-2/t2*4-,6-,7-,11+;/m11./s1. The van der Waals surface area contributed by atoms with Crippen LogP contribution in [0.4, 0.5) is 0 Å². The second kappa shape index (κ2) is 12.8. The average Bonchev–Trinajstić information content (AvgIpc) is 3.75. The number of hydrogen-bond acceptors (Lipinski definition) is 20.